The Balaban J connectivity index is 2.20. The molecule has 0 amide bonds. The molecule has 2 aliphatic rings. The van der Waals surface area contributed by atoms with Crippen molar-refractivity contribution in [2.45, 2.75) is 51.4 Å². The maximum Gasteiger partial charge on any atom is 0.336 e. The number of esters is 1. The molecule has 0 spiro atoms. The second-order valence-electron chi connectivity index (χ2n) is 4.58. The van der Waals surface area contributed by atoms with E-state index in [1.807, 2.05) is 20.8 Å². The SMILES string of the molecule is C[C@H]1CC[C@H]2[C@H](O1)C(=O)OC2(C)C. The zero-order valence-corrected chi connectivity index (χ0v) is 8.37. The van der Waals surface area contributed by atoms with Crippen LogP contribution in [0.15, 0.2) is 0 Å². The lowest BCUT2D eigenvalue weighted by Gasteiger charge is -2.32. The number of carbonyl (C=O) groups is 1. The molecule has 0 bridgehead atoms. The lowest BCUT2D eigenvalue weighted by molar-refractivity contribution is -0.155. The van der Waals surface area contributed by atoms with Crippen LogP contribution >= 0.6 is 0 Å². The lowest BCUT2D eigenvalue weighted by atomic mass is 9.82. The first kappa shape index (κ1) is 9.00. The van der Waals surface area contributed by atoms with Crippen LogP contribution in [0, 0.1) is 5.92 Å². The number of carbonyl (C=O) groups excluding carboxylic acids is 1. The Morgan fingerprint density at radius 3 is 2.77 bits per heavy atom. The summed E-state index contributed by atoms with van der Waals surface area (Å²) in [4.78, 5) is 11.4. The zero-order chi connectivity index (χ0) is 9.64. The van der Waals surface area contributed by atoms with Crippen molar-refractivity contribution < 1.29 is 14.3 Å². The third-order valence-corrected chi connectivity index (χ3v) is 3.12. The standard InChI is InChI=1S/C10H16O3/c1-6-4-5-7-8(12-6)9(11)13-10(7,2)3/h6-8H,4-5H2,1-3H3/t6-,7-,8-/m0/s1. The third kappa shape index (κ3) is 1.35. The van der Waals surface area contributed by atoms with Crippen LogP contribution in [0.3, 0.4) is 0 Å². The van der Waals surface area contributed by atoms with Crippen molar-refractivity contribution in [3.8, 4) is 0 Å². The molecule has 13 heavy (non-hydrogen) atoms. The van der Waals surface area contributed by atoms with Crippen LogP contribution in [-0.2, 0) is 14.3 Å². The quantitative estimate of drug-likeness (QED) is 0.535. The molecule has 2 heterocycles. The molecule has 0 unspecified atom stereocenters. The van der Waals surface area contributed by atoms with Crippen LogP contribution in [0.25, 0.3) is 0 Å². The van der Waals surface area contributed by atoms with Crippen LogP contribution in [0.1, 0.15) is 33.6 Å². The molecular formula is C10H16O3. The van der Waals surface area contributed by atoms with Crippen molar-refractivity contribution in [2.75, 3.05) is 0 Å². The van der Waals surface area contributed by atoms with Gasteiger partial charge in [0.1, 0.15) is 5.60 Å². The van der Waals surface area contributed by atoms with Gasteiger partial charge in [-0.2, -0.15) is 0 Å². The number of ether oxygens (including phenoxy) is 2. The van der Waals surface area contributed by atoms with Crippen LogP contribution in [-0.4, -0.2) is 23.8 Å². The van der Waals surface area contributed by atoms with Gasteiger partial charge in [0.2, 0.25) is 0 Å². The molecule has 3 nitrogen and oxygen atoms in total. The Hall–Kier alpha value is -0.570. The van der Waals surface area contributed by atoms with Gasteiger partial charge >= 0.3 is 5.97 Å². The summed E-state index contributed by atoms with van der Waals surface area (Å²) in [6, 6.07) is 0. The van der Waals surface area contributed by atoms with Crippen LogP contribution < -0.4 is 0 Å². The Kier molecular flexibility index (Phi) is 1.88. The summed E-state index contributed by atoms with van der Waals surface area (Å²) >= 11 is 0. The van der Waals surface area contributed by atoms with E-state index < -0.39 is 0 Å². The molecule has 2 fully saturated rings. The van der Waals surface area contributed by atoms with Gasteiger partial charge in [0.15, 0.2) is 6.10 Å². The smallest absolute Gasteiger partial charge is 0.336 e. The summed E-state index contributed by atoms with van der Waals surface area (Å²) < 4.78 is 10.9. The Bertz CT molecular complexity index is 234. The maximum absolute atomic E-state index is 11.4. The monoisotopic (exact) mass is 184 g/mol. The van der Waals surface area contributed by atoms with Gasteiger partial charge in [0.05, 0.1) is 6.10 Å². The van der Waals surface area contributed by atoms with Gasteiger partial charge in [-0.15, -0.1) is 0 Å². The molecule has 0 aliphatic carbocycles. The van der Waals surface area contributed by atoms with Crippen molar-refractivity contribution in [3.63, 3.8) is 0 Å². The fourth-order valence-corrected chi connectivity index (χ4v) is 2.30. The number of fused-ring (bicyclic) bond motifs is 1. The van der Waals surface area contributed by atoms with Crippen LogP contribution in [0.4, 0.5) is 0 Å². The van der Waals surface area contributed by atoms with Gasteiger partial charge in [0, 0.05) is 5.92 Å². The maximum atomic E-state index is 11.4. The second kappa shape index (κ2) is 2.71. The first-order valence-corrected chi connectivity index (χ1v) is 4.89. The highest BCUT2D eigenvalue weighted by Crippen LogP contribution is 2.41. The van der Waals surface area contributed by atoms with E-state index in [-0.39, 0.29) is 29.7 Å². The zero-order valence-electron chi connectivity index (χ0n) is 8.37. The van der Waals surface area contributed by atoms with Gasteiger partial charge in [-0.3, -0.25) is 0 Å². The second-order valence-corrected chi connectivity index (χ2v) is 4.58. The summed E-state index contributed by atoms with van der Waals surface area (Å²) in [7, 11) is 0. The predicted molar refractivity (Wildman–Crippen MR) is 47.2 cm³/mol. The van der Waals surface area contributed by atoms with Crippen LogP contribution in [0.5, 0.6) is 0 Å². The van der Waals surface area contributed by atoms with Crippen molar-refractivity contribution >= 4 is 5.97 Å². The van der Waals surface area contributed by atoms with E-state index in [0.29, 0.717) is 0 Å². The molecule has 0 aromatic heterocycles. The van der Waals surface area contributed by atoms with E-state index in [2.05, 4.69) is 0 Å². The average molecular weight is 184 g/mol. The molecule has 2 rings (SSSR count). The summed E-state index contributed by atoms with van der Waals surface area (Å²) in [6.07, 6.45) is 1.95. The first-order valence-electron chi connectivity index (χ1n) is 4.89. The molecule has 2 saturated heterocycles. The summed E-state index contributed by atoms with van der Waals surface area (Å²) in [5.74, 6) is 0.0674. The molecule has 0 aromatic rings. The number of rotatable bonds is 0. The van der Waals surface area contributed by atoms with E-state index in [0.717, 1.165) is 12.8 Å². The number of cyclic esters (lactones) is 1. The molecule has 0 radical (unpaired) electrons. The highest BCUT2D eigenvalue weighted by molar-refractivity contribution is 5.78. The molecule has 0 N–H and O–H groups in total. The summed E-state index contributed by atoms with van der Waals surface area (Å²) in [6.45, 7) is 5.94. The first-order chi connectivity index (χ1) is 6.00. The largest absolute Gasteiger partial charge is 0.457 e. The summed E-state index contributed by atoms with van der Waals surface area (Å²) in [5, 5.41) is 0. The van der Waals surface area contributed by atoms with Crippen molar-refractivity contribution in [3.05, 3.63) is 0 Å². The van der Waals surface area contributed by atoms with Gasteiger partial charge in [-0.25, -0.2) is 4.79 Å². The normalized spacial score (nSPS) is 42.7. The minimum absolute atomic E-state index is 0.179. The molecule has 3 atom stereocenters. The van der Waals surface area contributed by atoms with E-state index in [1.165, 1.54) is 0 Å². The third-order valence-electron chi connectivity index (χ3n) is 3.12. The average Bonchev–Trinajstić information content (AvgIpc) is 2.22. The molecule has 2 aliphatic heterocycles. The Morgan fingerprint density at radius 2 is 2.08 bits per heavy atom. The predicted octanol–water partition coefficient (Wildman–Crippen LogP) is 1.51. The van der Waals surface area contributed by atoms with Crippen molar-refractivity contribution in [1.82, 2.24) is 0 Å². The highest BCUT2D eigenvalue weighted by Gasteiger charge is 2.52. The minimum Gasteiger partial charge on any atom is -0.457 e. The van der Waals surface area contributed by atoms with Gasteiger partial charge in [0.25, 0.3) is 0 Å². The Labute approximate surface area is 78.4 Å². The van der Waals surface area contributed by atoms with E-state index >= 15 is 0 Å². The van der Waals surface area contributed by atoms with Crippen molar-refractivity contribution in [2.24, 2.45) is 5.92 Å². The fraction of sp³-hybridized carbons (Fsp3) is 0.900. The fourth-order valence-electron chi connectivity index (χ4n) is 2.30. The van der Waals surface area contributed by atoms with Crippen LogP contribution in [0.2, 0.25) is 0 Å². The van der Waals surface area contributed by atoms with Crippen molar-refractivity contribution in [1.29, 1.82) is 0 Å². The molecule has 74 valence electrons. The highest BCUT2D eigenvalue weighted by atomic mass is 16.6. The molecule has 0 aromatic carbocycles. The van der Waals surface area contributed by atoms with E-state index in [4.69, 9.17) is 9.47 Å². The number of hydrogen-bond donors (Lipinski definition) is 0. The van der Waals surface area contributed by atoms with E-state index in [1.54, 1.807) is 0 Å². The summed E-state index contributed by atoms with van der Waals surface area (Å²) in [5.41, 5.74) is -0.331. The molecule has 0 saturated carbocycles. The van der Waals surface area contributed by atoms with E-state index in [9.17, 15) is 4.79 Å². The Morgan fingerprint density at radius 1 is 1.38 bits per heavy atom. The lowest BCUT2D eigenvalue weighted by Crippen LogP contribution is -2.39. The number of hydrogen-bond acceptors (Lipinski definition) is 3. The van der Waals surface area contributed by atoms with Gasteiger partial charge in [-0.05, 0) is 33.6 Å². The molecule has 3 heteroatoms. The van der Waals surface area contributed by atoms with Gasteiger partial charge < -0.3 is 9.47 Å². The minimum atomic E-state index is -0.331. The van der Waals surface area contributed by atoms with Gasteiger partial charge in [-0.1, -0.05) is 0 Å². The topological polar surface area (TPSA) is 35.5 Å². The molecular weight excluding hydrogens is 168 g/mol.